The number of nitrogen functional groups attached to an aromatic ring is 1. The van der Waals surface area contributed by atoms with E-state index in [0.29, 0.717) is 17.7 Å². The number of anilines is 1. The van der Waals surface area contributed by atoms with E-state index in [1.54, 1.807) is 18.2 Å². The van der Waals surface area contributed by atoms with Gasteiger partial charge in [-0.2, -0.15) is 0 Å². The van der Waals surface area contributed by atoms with Gasteiger partial charge in [0, 0.05) is 12.3 Å². The number of benzene rings is 1. The molecule has 0 aliphatic carbocycles. The highest BCUT2D eigenvalue weighted by Crippen LogP contribution is 2.17. The summed E-state index contributed by atoms with van der Waals surface area (Å²) in [7, 11) is 0. The Hall–Kier alpha value is -1.55. The maximum Gasteiger partial charge on any atom is 0.250 e. The normalized spacial score (nSPS) is 9.92. The molecule has 0 aliphatic rings. The van der Waals surface area contributed by atoms with Crippen molar-refractivity contribution < 1.29 is 9.90 Å². The summed E-state index contributed by atoms with van der Waals surface area (Å²) in [6.07, 6.45) is 0.437. The van der Waals surface area contributed by atoms with Gasteiger partial charge in [0.15, 0.2) is 0 Å². The lowest BCUT2D eigenvalue weighted by Gasteiger charge is -2.06. The SMILES string of the molecule is NC(=O)c1cccc(CCO)c1N. The molecule has 0 radical (unpaired) electrons. The van der Waals surface area contributed by atoms with Gasteiger partial charge in [-0.3, -0.25) is 4.79 Å². The van der Waals surface area contributed by atoms with Crippen molar-refractivity contribution in [3.8, 4) is 0 Å². The van der Waals surface area contributed by atoms with Crippen LogP contribution >= 0.6 is 0 Å². The molecule has 4 nitrogen and oxygen atoms in total. The number of carbonyl (C=O) groups is 1. The maximum atomic E-state index is 10.9. The van der Waals surface area contributed by atoms with E-state index >= 15 is 0 Å². The Morgan fingerprint density at radius 3 is 2.69 bits per heavy atom. The summed E-state index contributed by atoms with van der Waals surface area (Å²) in [4.78, 5) is 10.9. The topological polar surface area (TPSA) is 89.3 Å². The fourth-order valence-corrected chi connectivity index (χ4v) is 1.17. The van der Waals surface area contributed by atoms with Crippen molar-refractivity contribution in [3.63, 3.8) is 0 Å². The van der Waals surface area contributed by atoms with Gasteiger partial charge >= 0.3 is 0 Å². The van der Waals surface area contributed by atoms with Crippen molar-refractivity contribution in [1.82, 2.24) is 0 Å². The molecule has 0 atom stereocenters. The molecule has 0 spiro atoms. The molecule has 0 saturated heterocycles. The van der Waals surface area contributed by atoms with Crippen LogP contribution in [-0.2, 0) is 6.42 Å². The van der Waals surface area contributed by atoms with E-state index in [9.17, 15) is 4.79 Å². The Morgan fingerprint density at radius 1 is 1.46 bits per heavy atom. The van der Waals surface area contributed by atoms with Crippen LogP contribution in [0, 0.1) is 0 Å². The number of amides is 1. The van der Waals surface area contributed by atoms with E-state index in [1.165, 1.54) is 0 Å². The lowest BCUT2D eigenvalue weighted by Crippen LogP contribution is -2.14. The van der Waals surface area contributed by atoms with Crippen LogP contribution in [0.25, 0.3) is 0 Å². The van der Waals surface area contributed by atoms with Crippen LogP contribution in [0.1, 0.15) is 15.9 Å². The highest BCUT2D eigenvalue weighted by atomic mass is 16.3. The zero-order valence-electron chi connectivity index (χ0n) is 7.16. The molecule has 13 heavy (non-hydrogen) atoms. The van der Waals surface area contributed by atoms with Gasteiger partial charge in [0.25, 0.3) is 5.91 Å². The Bertz CT molecular complexity index is 323. The Labute approximate surface area is 76.2 Å². The zero-order chi connectivity index (χ0) is 9.84. The molecular formula is C9H12N2O2. The Morgan fingerprint density at radius 2 is 2.15 bits per heavy atom. The molecule has 5 N–H and O–H groups in total. The molecule has 0 aromatic heterocycles. The number of hydrogen-bond acceptors (Lipinski definition) is 3. The number of para-hydroxylation sites is 1. The van der Waals surface area contributed by atoms with E-state index in [2.05, 4.69) is 0 Å². The van der Waals surface area contributed by atoms with Gasteiger partial charge < -0.3 is 16.6 Å². The second-order valence-electron chi connectivity index (χ2n) is 2.72. The summed E-state index contributed by atoms with van der Waals surface area (Å²) in [6, 6.07) is 5.03. The number of nitrogens with two attached hydrogens (primary N) is 2. The second-order valence-corrected chi connectivity index (χ2v) is 2.72. The van der Waals surface area contributed by atoms with Crippen molar-refractivity contribution in [2.75, 3.05) is 12.3 Å². The average Bonchev–Trinajstić information content (AvgIpc) is 2.08. The number of aliphatic hydroxyl groups excluding tert-OH is 1. The fourth-order valence-electron chi connectivity index (χ4n) is 1.17. The summed E-state index contributed by atoms with van der Waals surface area (Å²) in [5, 5.41) is 8.70. The molecule has 1 aromatic carbocycles. The number of aliphatic hydroxyl groups is 1. The van der Waals surface area contributed by atoms with Crippen LogP contribution in [0.15, 0.2) is 18.2 Å². The van der Waals surface area contributed by atoms with Crippen molar-refractivity contribution in [3.05, 3.63) is 29.3 Å². The van der Waals surface area contributed by atoms with Crippen LogP contribution in [0.4, 0.5) is 5.69 Å². The van der Waals surface area contributed by atoms with E-state index in [0.717, 1.165) is 5.56 Å². The first-order valence-corrected chi connectivity index (χ1v) is 3.95. The minimum Gasteiger partial charge on any atom is -0.398 e. The van der Waals surface area contributed by atoms with Crippen molar-refractivity contribution in [1.29, 1.82) is 0 Å². The molecule has 0 unspecified atom stereocenters. The first kappa shape index (κ1) is 9.54. The number of primary amides is 1. The van der Waals surface area contributed by atoms with Gasteiger partial charge in [-0.25, -0.2) is 0 Å². The fraction of sp³-hybridized carbons (Fsp3) is 0.222. The van der Waals surface area contributed by atoms with Crippen LogP contribution in [-0.4, -0.2) is 17.6 Å². The summed E-state index contributed by atoms with van der Waals surface area (Å²) in [6.45, 7) is 0.00636. The average molecular weight is 180 g/mol. The minimum absolute atomic E-state index is 0.00636. The minimum atomic E-state index is -0.544. The molecule has 1 aromatic rings. The number of hydrogen-bond donors (Lipinski definition) is 3. The highest BCUT2D eigenvalue weighted by Gasteiger charge is 2.08. The third-order valence-corrected chi connectivity index (χ3v) is 1.84. The molecule has 0 bridgehead atoms. The summed E-state index contributed by atoms with van der Waals surface area (Å²) >= 11 is 0. The van der Waals surface area contributed by atoms with Gasteiger partial charge in [-0.05, 0) is 18.1 Å². The van der Waals surface area contributed by atoms with Gasteiger partial charge in [-0.15, -0.1) is 0 Å². The van der Waals surface area contributed by atoms with Crippen LogP contribution < -0.4 is 11.5 Å². The third kappa shape index (κ3) is 1.97. The zero-order valence-corrected chi connectivity index (χ0v) is 7.16. The maximum absolute atomic E-state index is 10.9. The van der Waals surface area contributed by atoms with Gasteiger partial charge in [0.05, 0.1) is 5.56 Å². The number of rotatable bonds is 3. The van der Waals surface area contributed by atoms with Crippen LogP contribution in [0.2, 0.25) is 0 Å². The molecule has 0 aliphatic heterocycles. The molecule has 0 saturated carbocycles. The molecule has 0 fully saturated rings. The molecular weight excluding hydrogens is 168 g/mol. The largest absolute Gasteiger partial charge is 0.398 e. The predicted molar refractivity (Wildman–Crippen MR) is 50.2 cm³/mol. The van der Waals surface area contributed by atoms with Crippen molar-refractivity contribution in [2.24, 2.45) is 5.73 Å². The van der Waals surface area contributed by atoms with Crippen LogP contribution in [0.5, 0.6) is 0 Å². The molecule has 70 valence electrons. The Kier molecular flexibility index (Phi) is 2.87. The quantitative estimate of drug-likeness (QED) is 0.567. The predicted octanol–water partition coefficient (Wildman–Crippen LogP) is -0.0975. The van der Waals surface area contributed by atoms with Gasteiger partial charge in [0.2, 0.25) is 0 Å². The summed E-state index contributed by atoms with van der Waals surface area (Å²) in [5.74, 6) is -0.544. The lowest BCUT2D eigenvalue weighted by atomic mass is 10.0. The van der Waals surface area contributed by atoms with E-state index in [-0.39, 0.29) is 6.61 Å². The number of carbonyl (C=O) groups excluding carboxylic acids is 1. The van der Waals surface area contributed by atoms with E-state index in [1.807, 2.05) is 0 Å². The van der Waals surface area contributed by atoms with E-state index < -0.39 is 5.91 Å². The van der Waals surface area contributed by atoms with Gasteiger partial charge in [-0.1, -0.05) is 12.1 Å². The Balaban J connectivity index is 3.10. The van der Waals surface area contributed by atoms with Crippen molar-refractivity contribution in [2.45, 2.75) is 6.42 Å². The smallest absolute Gasteiger partial charge is 0.250 e. The van der Waals surface area contributed by atoms with Gasteiger partial charge in [0.1, 0.15) is 0 Å². The third-order valence-electron chi connectivity index (χ3n) is 1.84. The molecule has 4 heteroatoms. The van der Waals surface area contributed by atoms with Crippen LogP contribution in [0.3, 0.4) is 0 Å². The molecule has 1 amide bonds. The molecule has 0 heterocycles. The summed E-state index contributed by atoms with van der Waals surface area (Å²) in [5.41, 5.74) is 12.2. The monoisotopic (exact) mass is 180 g/mol. The lowest BCUT2D eigenvalue weighted by molar-refractivity contribution is 0.100. The standard InChI is InChI=1S/C9H12N2O2/c10-8-6(4-5-12)2-1-3-7(8)9(11)13/h1-3,12H,4-5,10H2,(H2,11,13). The molecule has 1 rings (SSSR count). The van der Waals surface area contributed by atoms with E-state index in [4.69, 9.17) is 16.6 Å². The first-order valence-electron chi connectivity index (χ1n) is 3.95. The van der Waals surface area contributed by atoms with Crippen molar-refractivity contribution >= 4 is 11.6 Å². The summed E-state index contributed by atoms with van der Waals surface area (Å²) < 4.78 is 0. The highest BCUT2D eigenvalue weighted by molar-refractivity contribution is 5.98. The first-order chi connectivity index (χ1) is 6.16. The second kappa shape index (κ2) is 3.91.